The number of rotatable bonds is 4. The SMILES string of the molecule is CC(=O)c1cn(CCN=[N+]=[N-])c2ccccc12. The second-order valence-corrected chi connectivity index (χ2v) is 3.76. The number of benzene rings is 1. The van der Waals surface area contributed by atoms with Gasteiger partial charge in [0.25, 0.3) is 0 Å². The van der Waals surface area contributed by atoms with Gasteiger partial charge < -0.3 is 4.57 Å². The van der Waals surface area contributed by atoms with E-state index in [1.807, 2.05) is 35.0 Å². The van der Waals surface area contributed by atoms with Gasteiger partial charge >= 0.3 is 0 Å². The molecule has 0 saturated heterocycles. The summed E-state index contributed by atoms with van der Waals surface area (Å²) in [6, 6.07) is 7.72. The number of aromatic nitrogens is 1. The van der Waals surface area contributed by atoms with Crippen molar-refractivity contribution in [3.05, 3.63) is 46.5 Å². The number of hydrogen-bond acceptors (Lipinski definition) is 2. The average Bonchev–Trinajstić information content (AvgIpc) is 2.69. The summed E-state index contributed by atoms with van der Waals surface area (Å²) >= 11 is 0. The highest BCUT2D eigenvalue weighted by Gasteiger charge is 2.10. The van der Waals surface area contributed by atoms with Crippen LogP contribution in [-0.4, -0.2) is 16.9 Å². The van der Waals surface area contributed by atoms with E-state index in [2.05, 4.69) is 10.0 Å². The molecule has 0 unspecified atom stereocenters. The van der Waals surface area contributed by atoms with Gasteiger partial charge in [-0.05, 0) is 18.5 Å². The van der Waals surface area contributed by atoms with Crippen molar-refractivity contribution < 1.29 is 4.79 Å². The third-order valence-electron chi connectivity index (χ3n) is 2.67. The summed E-state index contributed by atoms with van der Waals surface area (Å²) < 4.78 is 1.95. The largest absolute Gasteiger partial charge is 0.347 e. The number of fused-ring (bicyclic) bond motifs is 1. The topological polar surface area (TPSA) is 70.8 Å². The van der Waals surface area contributed by atoms with Gasteiger partial charge in [0.15, 0.2) is 5.78 Å². The zero-order valence-corrected chi connectivity index (χ0v) is 9.50. The number of hydrogen-bond donors (Lipinski definition) is 0. The van der Waals surface area contributed by atoms with Crippen molar-refractivity contribution in [3.8, 4) is 0 Å². The van der Waals surface area contributed by atoms with Crippen LogP contribution >= 0.6 is 0 Å². The number of ketones is 1. The Morgan fingerprint density at radius 1 is 1.47 bits per heavy atom. The van der Waals surface area contributed by atoms with E-state index in [9.17, 15) is 4.79 Å². The third-order valence-corrected chi connectivity index (χ3v) is 2.67. The molecule has 1 heterocycles. The maximum Gasteiger partial charge on any atom is 0.161 e. The second-order valence-electron chi connectivity index (χ2n) is 3.76. The van der Waals surface area contributed by atoms with E-state index in [0.29, 0.717) is 18.7 Å². The summed E-state index contributed by atoms with van der Waals surface area (Å²) in [7, 11) is 0. The lowest BCUT2D eigenvalue weighted by Gasteiger charge is -2.01. The van der Waals surface area contributed by atoms with Crippen molar-refractivity contribution in [1.29, 1.82) is 0 Å². The van der Waals surface area contributed by atoms with Gasteiger partial charge in [-0.2, -0.15) is 0 Å². The van der Waals surface area contributed by atoms with Crippen LogP contribution in [0.4, 0.5) is 0 Å². The fourth-order valence-electron chi connectivity index (χ4n) is 1.91. The minimum Gasteiger partial charge on any atom is -0.347 e. The zero-order valence-electron chi connectivity index (χ0n) is 9.50. The molecule has 2 rings (SSSR count). The van der Waals surface area contributed by atoms with Crippen LogP contribution in [0.2, 0.25) is 0 Å². The van der Waals surface area contributed by atoms with Crippen molar-refractivity contribution in [1.82, 2.24) is 4.57 Å². The molecule has 0 aliphatic heterocycles. The smallest absolute Gasteiger partial charge is 0.161 e. The summed E-state index contributed by atoms with van der Waals surface area (Å²) in [6.07, 6.45) is 1.82. The minimum atomic E-state index is 0.0451. The molecule has 0 spiro atoms. The second kappa shape index (κ2) is 4.72. The van der Waals surface area contributed by atoms with E-state index in [1.54, 1.807) is 6.92 Å². The lowest BCUT2D eigenvalue weighted by molar-refractivity contribution is 0.101. The van der Waals surface area contributed by atoms with Crippen LogP contribution in [0.1, 0.15) is 17.3 Å². The van der Waals surface area contributed by atoms with Crippen LogP contribution in [-0.2, 0) is 6.54 Å². The monoisotopic (exact) mass is 228 g/mol. The molecule has 1 aromatic carbocycles. The molecule has 0 aliphatic carbocycles. The highest BCUT2D eigenvalue weighted by atomic mass is 16.1. The molecule has 0 aliphatic rings. The Bertz CT molecular complexity index is 608. The molecule has 86 valence electrons. The molecule has 0 amide bonds. The van der Waals surface area contributed by atoms with Crippen LogP contribution in [0.5, 0.6) is 0 Å². The zero-order chi connectivity index (χ0) is 12.3. The first-order chi connectivity index (χ1) is 8.24. The number of para-hydroxylation sites is 1. The fraction of sp³-hybridized carbons (Fsp3) is 0.250. The van der Waals surface area contributed by atoms with Crippen LogP contribution in [0.25, 0.3) is 21.3 Å². The Morgan fingerprint density at radius 3 is 2.94 bits per heavy atom. The Labute approximate surface area is 98.3 Å². The Kier molecular flexibility index (Phi) is 3.12. The molecular formula is C12H12N4O. The minimum absolute atomic E-state index is 0.0451. The fourth-order valence-corrected chi connectivity index (χ4v) is 1.91. The van der Waals surface area contributed by atoms with Gasteiger partial charge in [0, 0.05) is 40.7 Å². The molecule has 0 saturated carbocycles. The van der Waals surface area contributed by atoms with Crippen LogP contribution in [0, 0.1) is 0 Å². The molecule has 0 bridgehead atoms. The van der Waals surface area contributed by atoms with Gasteiger partial charge in [0.05, 0.1) is 0 Å². The van der Waals surface area contributed by atoms with Gasteiger partial charge in [-0.15, -0.1) is 0 Å². The van der Waals surface area contributed by atoms with E-state index >= 15 is 0 Å². The maximum atomic E-state index is 11.5. The summed E-state index contributed by atoms with van der Waals surface area (Å²) in [5, 5.41) is 4.45. The summed E-state index contributed by atoms with van der Waals surface area (Å²) in [4.78, 5) is 14.2. The predicted octanol–water partition coefficient (Wildman–Crippen LogP) is 3.15. The predicted molar refractivity (Wildman–Crippen MR) is 66.0 cm³/mol. The molecule has 0 atom stereocenters. The lowest BCUT2D eigenvalue weighted by Crippen LogP contribution is -1.98. The number of carbonyl (C=O) groups is 1. The van der Waals surface area contributed by atoms with E-state index in [1.165, 1.54) is 0 Å². The Balaban J connectivity index is 2.48. The average molecular weight is 228 g/mol. The van der Waals surface area contributed by atoms with Crippen molar-refractivity contribution >= 4 is 16.7 Å². The van der Waals surface area contributed by atoms with Crippen molar-refractivity contribution in [2.24, 2.45) is 5.11 Å². The van der Waals surface area contributed by atoms with Crippen molar-refractivity contribution in [3.63, 3.8) is 0 Å². The molecule has 17 heavy (non-hydrogen) atoms. The third kappa shape index (κ3) is 2.14. The summed E-state index contributed by atoms with van der Waals surface area (Å²) in [5.41, 5.74) is 9.95. The number of carbonyl (C=O) groups excluding carboxylic acids is 1. The maximum absolute atomic E-state index is 11.5. The first-order valence-corrected chi connectivity index (χ1v) is 5.33. The molecular weight excluding hydrogens is 216 g/mol. The van der Waals surface area contributed by atoms with E-state index < -0.39 is 0 Å². The molecule has 0 fully saturated rings. The lowest BCUT2D eigenvalue weighted by atomic mass is 10.1. The van der Waals surface area contributed by atoms with E-state index in [0.717, 1.165) is 10.9 Å². The quantitative estimate of drug-likeness (QED) is 0.343. The van der Waals surface area contributed by atoms with Crippen molar-refractivity contribution in [2.75, 3.05) is 6.54 Å². The van der Waals surface area contributed by atoms with Crippen molar-refractivity contribution in [2.45, 2.75) is 13.5 Å². The summed E-state index contributed by atoms with van der Waals surface area (Å²) in [5.74, 6) is 0.0451. The van der Waals surface area contributed by atoms with Crippen LogP contribution in [0.3, 0.4) is 0 Å². The molecule has 5 heteroatoms. The number of nitrogens with zero attached hydrogens (tertiary/aromatic N) is 4. The molecule has 2 aromatic rings. The van der Waals surface area contributed by atoms with Crippen LogP contribution < -0.4 is 0 Å². The van der Waals surface area contributed by atoms with Gasteiger partial charge in [0.2, 0.25) is 0 Å². The number of Topliss-reactive ketones (excluding diaryl/α,β-unsaturated/α-hetero) is 1. The van der Waals surface area contributed by atoms with Gasteiger partial charge in [0.1, 0.15) is 0 Å². The number of azide groups is 1. The highest BCUT2D eigenvalue weighted by molar-refractivity contribution is 6.06. The Hall–Kier alpha value is -2.26. The summed E-state index contributed by atoms with van der Waals surface area (Å²) in [6.45, 7) is 2.52. The van der Waals surface area contributed by atoms with Gasteiger partial charge in [-0.25, -0.2) is 0 Å². The first kappa shape index (κ1) is 11.2. The normalized spacial score (nSPS) is 10.2. The highest BCUT2D eigenvalue weighted by Crippen LogP contribution is 2.21. The molecule has 0 radical (unpaired) electrons. The Morgan fingerprint density at radius 2 is 2.24 bits per heavy atom. The molecule has 1 aromatic heterocycles. The van der Waals surface area contributed by atoms with E-state index in [-0.39, 0.29) is 5.78 Å². The first-order valence-electron chi connectivity index (χ1n) is 5.33. The van der Waals surface area contributed by atoms with E-state index in [4.69, 9.17) is 5.53 Å². The van der Waals surface area contributed by atoms with Crippen LogP contribution in [0.15, 0.2) is 35.6 Å². The standard InChI is InChI=1S/C12H12N4O/c1-9(17)11-8-16(7-6-14-15-13)12-5-3-2-4-10(11)12/h2-5,8H,6-7H2,1H3. The van der Waals surface area contributed by atoms with Gasteiger partial charge in [-0.3, -0.25) is 4.79 Å². The van der Waals surface area contributed by atoms with Gasteiger partial charge in [-0.1, -0.05) is 23.3 Å². The molecule has 0 N–H and O–H groups in total. The molecule has 5 nitrogen and oxygen atoms in total.